The fourth-order valence-electron chi connectivity index (χ4n) is 1.45. The molecular formula is C13H12ClN3OS. The van der Waals surface area contributed by atoms with Crippen molar-refractivity contribution in [2.45, 2.75) is 0 Å². The van der Waals surface area contributed by atoms with Crippen LogP contribution in [0.25, 0.3) is 11.1 Å². The maximum Gasteiger partial charge on any atom is 0.186 e. The summed E-state index contributed by atoms with van der Waals surface area (Å²) >= 11 is 10.8. The van der Waals surface area contributed by atoms with Crippen LogP contribution in [0.4, 0.5) is 0 Å². The molecule has 0 aliphatic heterocycles. The van der Waals surface area contributed by atoms with Crippen LogP contribution in [-0.4, -0.2) is 18.4 Å². The van der Waals surface area contributed by atoms with E-state index in [1.54, 1.807) is 19.5 Å². The summed E-state index contributed by atoms with van der Waals surface area (Å²) in [4.78, 5) is 0. The number of hydrazone groups is 1. The molecule has 0 fully saturated rings. The number of halogens is 1. The second-order valence-corrected chi connectivity index (χ2v) is 4.54. The zero-order valence-corrected chi connectivity index (χ0v) is 11.8. The molecule has 2 N–H and O–H groups in total. The highest BCUT2D eigenvalue weighted by molar-refractivity contribution is 7.80. The zero-order chi connectivity index (χ0) is 13.7. The minimum Gasteiger partial charge on any atom is -0.463 e. The maximum atomic E-state index is 5.95. The minimum atomic E-state index is 0.442. The molecule has 0 radical (unpaired) electrons. The van der Waals surface area contributed by atoms with Gasteiger partial charge in [0, 0.05) is 17.6 Å². The van der Waals surface area contributed by atoms with E-state index in [9.17, 15) is 0 Å². The fourth-order valence-corrected chi connectivity index (χ4v) is 1.69. The first kappa shape index (κ1) is 13.6. The molecule has 0 aliphatic carbocycles. The van der Waals surface area contributed by atoms with Crippen molar-refractivity contribution in [1.82, 2.24) is 10.7 Å². The van der Waals surface area contributed by atoms with Crippen molar-refractivity contribution in [3.63, 3.8) is 0 Å². The summed E-state index contributed by atoms with van der Waals surface area (Å²) in [5.74, 6) is 0.626. The molecule has 1 aromatic heterocycles. The average molecular weight is 294 g/mol. The van der Waals surface area contributed by atoms with E-state index in [0.717, 1.165) is 11.1 Å². The Morgan fingerprint density at radius 3 is 2.95 bits per heavy atom. The summed E-state index contributed by atoms with van der Waals surface area (Å²) < 4.78 is 5.38. The molecule has 1 heterocycles. The molecule has 0 atom stereocenters. The molecule has 98 valence electrons. The largest absolute Gasteiger partial charge is 0.463 e. The molecule has 2 rings (SSSR count). The van der Waals surface area contributed by atoms with Gasteiger partial charge in [0.25, 0.3) is 0 Å². The van der Waals surface area contributed by atoms with E-state index in [1.165, 1.54) is 0 Å². The summed E-state index contributed by atoms with van der Waals surface area (Å²) in [6.45, 7) is 0. The van der Waals surface area contributed by atoms with E-state index in [4.69, 9.17) is 28.2 Å². The number of hydrogen-bond acceptors (Lipinski definition) is 3. The molecule has 2 aromatic rings. The van der Waals surface area contributed by atoms with Crippen LogP contribution in [0.2, 0.25) is 5.02 Å². The number of nitrogens with zero attached hydrogens (tertiary/aromatic N) is 1. The number of rotatable bonds is 3. The summed E-state index contributed by atoms with van der Waals surface area (Å²) in [6.07, 6.45) is 3.21. The smallest absolute Gasteiger partial charge is 0.186 e. The van der Waals surface area contributed by atoms with Crippen LogP contribution in [-0.2, 0) is 0 Å². The Hall–Kier alpha value is -1.85. The number of thiocarbonyl (C=S) groups is 1. The van der Waals surface area contributed by atoms with Gasteiger partial charge in [-0.1, -0.05) is 23.7 Å². The van der Waals surface area contributed by atoms with E-state index in [0.29, 0.717) is 15.9 Å². The van der Waals surface area contributed by atoms with Gasteiger partial charge in [0.2, 0.25) is 0 Å². The lowest BCUT2D eigenvalue weighted by molar-refractivity contribution is 0.560. The number of benzene rings is 1. The van der Waals surface area contributed by atoms with Gasteiger partial charge in [0.05, 0.1) is 12.5 Å². The summed E-state index contributed by atoms with van der Waals surface area (Å²) in [6, 6.07) is 9.44. The van der Waals surface area contributed by atoms with Crippen LogP contribution in [0, 0.1) is 0 Å². The Morgan fingerprint density at radius 2 is 2.21 bits per heavy atom. The van der Waals surface area contributed by atoms with Crippen molar-refractivity contribution in [3.05, 3.63) is 47.4 Å². The molecule has 6 heteroatoms. The van der Waals surface area contributed by atoms with E-state index in [1.807, 2.05) is 30.3 Å². The van der Waals surface area contributed by atoms with Gasteiger partial charge in [-0.15, -0.1) is 0 Å². The Kier molecular flexibility index (Phi) is 4.54. The van der Waals surface area contributed by atoms with Crippen LogP contribution in [0.5, 0.6) is 0 Å². The van der Waals surface area contributed by atoms with Crippen LogP contribution in [0.3, 0.4) is 0 Å². The molecule has 0 spiro atoms. The normalized spacial score (nSPS) is 10.6. The second kappa shape index (κ2) is 6.36. The van der Waals surface area contributed by atoms with Gasteiger partial charge >= 0.3 is 0 Å². The van der Waals surface area contributed by atoms with Crippen molar-refractivity contribution < 1.29 is 4.42 Å². The maximum absolute atomic E-state index is 5.95. The Bertz CT molecular complexity index is 609. The molecule has 0 unspecified atom stereocenters. The molecule has 1 aromatic carbocycles. The molecule has 0 bridgehead atoms. The lowest BCUT2D eigenvalue weighted by Gasteiger charge is -1.98. The van der Waals surface area contributed by atoms with Crippen LogP contribution >= 0.6 is 23.8 Å². The van der Waals surface area contributed by atoms with Gasteiger partial charge in [-0.2, -0.15) is 5.10 Å². The number of hydrogen-bond donors (Lipinski definition) is 2. The fraction of sp³-hybridized carbons (Fsp3) is 0.0769. The molecule has 0 saturated heterocycles. The standard InChI is InChI=1S/C13H12ClN3OS/c1-15-13(19)17-16-7-12-6-10(8-18-12)9-3-2-4-11(14)5-9/h2-8H,1H3,(H2,15,17,19). The van der Waals surface area contributed by atoms with E-state index in [-0.39, 0.29) is 0 Å². The highest BCUT2D eigenvalue weighted by Crippen LogP contribution is 2.24. The van der Waals surface area contributed by atoms with E-state index in [2.05, 4.69) is 15.8 Å². The SMILES string of the molecule is CNC(=S)NN=Cc1cc(-c2cccc(Cl)c2)co1. The molecule has 4 nitrogen and oxygen atoms in total. The van der Waals surface area contributed by atoms with Crippen molar-refractivity contribution >= 4 is 35.1 Å². The summed E-state index contributed by atoms with van der Waals surface area (Å²) in [7, 11) is 1.72. The van der Waals surface area contributed by atoms with Crippen LogP contribution < -0.4 is 10.7 Å². The quantitative estimate of drug-likeness (QED) is 0.519. The highest BCUT2D eigenvalue weighted by atomic mass is 35.5. The topological polar surface area (TPSA) is 49.6 Å². The van der Waals surface area contributed by atoms with Gasteiger partial charge in [-0.05, 0) is 36.0 Å². The third-order valence-corrected chi connectivity index (χ3v) is 2.89. The minimum absolute atomic E-state index is 0.442. The molecule has 0 saturated carbocycles. The van der Waals surface area contributed by atoms with Crippen LogP contribution in [0.15, 0.2) is 46.1 Å². The first-order valence-corrected chi connectivity index (χ1v) is 6.33. The molecular weight excluding hydrogens is 282 g/mol. The first-order chi connectivity index (χ1) is 9.19. The predicted octanol–water partition coefficient (Wildman–Crippen LogP) is 3.03. The highest BCUT2D eigenvalue weighted by Gasteiger charge is 2.03. The van der Waals surface area contributed by atoms with Gasteiger partial charge in [-0.25, -0.2) is 0 Å². The summed E-state index contributed by atoms with van der Waals surface area (Å²) in [5, 5.41) is 7.82. The number of nitrogens with one attached hydrogen (secondary N) is 2. The summed E-state index contributed by atoms with van der Waals surface area (Å²) in [5.41, 5.74) is 4.59. The van der Waals surface area contributed by atoms with Gasteiger partial charge in [0.15, 0.2) is 5.11 Å². The zero-order valence-electron chi connectivity index (χ0n) is 10.2. The molecule has 0 amide bonds. The number of furan rings is 1. The lowest BCUT2D eigenvalue weighted by Crippen LogP contribution is -2.28. The van der Waals surface area contributed by atoms with Gasteiger partial charge in [0.1, 0.15) is 5.76 Å². The van der Waals surface area contributed by atoms with E-state index < -0.39 is 0 Å². The average Bonchev–Trinajstić information content (AvgIpc) is 2.87. The van der Waals surface area contributed by atoms with Crippen molar-refractivity contribution in [3.8, 4) is 11.1 Å². The molecule has 0 aliphatic rings. The van der Waals surface area contributed by atoms with Crippen molar-refractivity contribution in [1.29, 1.82) is 0 Å². The van der Waals surface area contributed by atoms with Crippen molar-refractivity contribution in [2.75, 3.05) is 7.05 Å². The van der Waals surface area contributed by atoms with E-state index >= 15 is 0 Å². The molecule has 19 heavy (non-hydrogen) atoms. The third-order valence-electron chi connectivity index (χ3n) is 2.36. The Morgan fingerprint density at radius 1 is 1.37 bits per heavy atom. The Labute approximate surface area is 121 Å². The van der Waals surface area contributed by atoms with Gasteiger partial charge < -0.3 is 9.73 Å². The predicted molar refractivity (Wildman–Crippen MR) is 81.5 cm³/mol. The monoisotopic (exact) mass is 293 g/mol. The first-order valence-electron chi connectivity index (χ1n) is 5.54. The third kappa shape index (κ3) is 3.81. The van der Waals surface area contributed by atoms with Gasteiger partial charge in [-0.3, -0.25) is 5.43 Å². The second-order valence-electron chi connectivity index (χ2n) is 3.70. The van der Waals surface area contributed by atoms with Crippen molar-refractivity contribution in [2.24, 2.45) is 5.10 Å². The lowest BCUT2D eigenvalue weighted by atomic mass is 10.1. The Balaban J connectivity index is 2.09. The van der Waals surface area contributed by atoms with Crippen LogP contribution in [0.1, 0.15) is 5.76 Å².